The van der Waals surface area contributed by atoms with E-state index in [1.54, 1.807) is 41.4 Å². The molecule has 0 bridgehead atoms. The van der Waals surface area contributed by atoms with Crippen LogP contribution in [0.15, 0.2) is 48.2 Å². The molecule has 0 saturated heterocycles. The van der Waals surface area contributed by atoms with Crippen LogP contribution in [-0.2, 0) is 6.54 Å². The molecule has 7 heteroatoms. The molecule has 25 heavy (non-hydrogen) atoms. The Kier molecular flexibility index (Phi) is 3.77. The topological polar surface area (TPSA) is 80.9 Å². The number of rotatable bonds is 4. The number of aromatic carboxylic acids is 1. The van der Waals surface area contributed by atoms with Gasteiger partial charge in [0.05, 0.1) is 18.4 Å². The first-order chi connectivity index (χ1) is 12.1. The zero-order chi connectivity index (χ0) is 17.4. The molecule has 0 atom stereocenters. The van der Waals surface area contributed by atoms with Crippen molar-refractivity contribution in [3.8, 4) is 11.5 Å². The van der Waals surface area contributed by atoms with Crippen LogP contribution in [0.3, 0.4) is 0 Å². The monoisotopic (exact) mass is 350 g/mol. The largest absolute Gasteiger partial charge is 0.477 e. The van der Waals surface area contributed by atoms with Gasteiger partial charge in [-0.15, -0.1) is 11.3 Å². The minimum absolute atomic E-state index is 0.177. The van der Waals surface area contributed by atoms with Gasteiger partial charge in [0.2, 0.25) is 0 Å². The number of hydrogen-bond acceptors (Lipinski definition) is 5. The van der Waals surface area contributed by atoms with Gasteiger partial charge in [0, 0.05) is 17.1 Å². The maximum atomic E-state index is 11.8. The lowest BCUT2D eigenvalue weighted by molar-refractivity contribution is 0.0685. The van der Waals surface area contributed by atoms with Crippen LogP contribution in [0, 0.1) is 6.92 Å². The quantitative estimate of drug-likeness (QED) is 0.608. The lowest BCUT2D eigenvalue weighted by atomic mass is 10.1. The smallest absolute Gasteiger partial charge is 0.354 e. The Morgan fingerprint density at radius 3 is 2.88 bits per heavy atom. The number of carbonyl (C=O) groups is 1. The van der Waals surface area contributed by atoms with E-state index in [1.165, 1.54) is 4.70 Å². The van der Waals surface area contributed by atoms with Crippen LogP contribution in [0.5, 0.6) is 0 Å². The van der Waals surface area contributed by atoms with Crippen LogP contribution in [0.4, 0.5) is 0 Å². The summed E-state index contributed by atoms with van der Waals surface area (Å²) in [7, 11) is 0. The highest BCUT2D eigenvalue weighted by Crippen LogP contribution is 2.29. The molecule has 0 aliphatic heterocycles. The lowest BCUT2D eigenvalue weighted by Gasteiger charge is -2.09. The molecule has 0 unspecified atom stereocenters. The van der Waals surface area contributed by atoms with Gasteiger partial charge < -0.3 is 9.67 Å². The second-order valence-corrected chi connectivity index (χ2v) is 6.52. The Bertz CT molecular complexity index is 1070. The van der Waals surface area contributed by atoms with E-state index in [9.17, 15) is 9.90 Å². The third-order valence-corrected chi connectivity index (χ3v) is 5.04. The first-order valence-electron chi connectivity index (χ1n) is 7.67. The molecule has 0 spiro atoms. The lowest BCUT2D eigenvalue weighted by Crippen LogP contribution is -2.12. The summed E-state index contributed by atoms with van der Waals surface area (Å²) < 4.78 is 2.88. The average Bonchev–Trinajstić information content (AvgIpc) is 3.17. The molecule has 4 rings (SSSR count). The summed E-state index contributed by atoms with van der Waals surface area (Å²) >= 11 is 1.65. The number of thiophene rings is 1. The number of carboxylic acids is 1. The van der Waals surface area contributed by atoms with Gasteiger partial charge in [-0.3, -0.25) is 4.98 Å². The number of aromatic nitrogens is 4. The van der Waals surface area contributed by atoms with Crippen molar-refractivity contribution in [3.05, 3.63) is 65.2 Å². The molecule has 0 fully saturated rings. The van der Waals surface area contributed by atoms with Crippen molar-refractivity contribution >= 4 is 27.4 Å². The Morgan fingerprint density at radius 1 is 1.28 bits per heavy atom. The molecule has 124 valence electrons. The van der Waals surface area contributed by atoms with Crippen LogP contribution < -0.4 is 0 Å². The van der Waals surface area contributed by atoms with Crippen LogP contribution in [0.2, 0.25) is 0 Å². The third kappa shape index (κ3) is 2.68. The summed E-state index contributed by atoms with van der Waals surface area (Å²) in [5.74, 6) is -0.488. The average molecular weight is 350 g/mol. The normalized spacial score (nSPS) is 11.1. The Hall–Kier alpha value is -3.06. The zero-order valence-electron chi connectivity index (χ0n) is 13.4. The zero-order valence-corrected chi connectivity index (χ0v) is 14.2. The fourth-order valence-electron chi connectivity index (χ4n) is 2.93. The van der Waals surface area contributed by atoms with Gasteiger partial charge in [-0.1, -0.05) is 18.2 Å². The van der Waals surface area contributed by atoms with Gasteiger partial charge in [-0.05, 0) is 29.3 Å². The number of hydrogen-bond donors (Lipinski definition) is 1. The summed E-state index contributed by atoms with van der Waals surface area (Å²) in [6.07, 6.45) is 4.74. The highest BCUT2D eigenvalue weighted by atomic mass is 32.1. The predicted octanol–water partition coefficient (Wildman–Crippen LogP) is 3.61. The van der Waals surface area contributed by atoms with E-state index < -0.39 is 5.97 Å². The van der Waals surface area contributed by atoms with Crippen LogP contribution >= 0.6 is 11.3 Å². The molecule has 0 aliphatic carbocycles. The summed E-state index contributed by atoms with van der Waals surface area (Å²) in [5.41, 5.74) is 2.26. The maximum Gasteiger partial charge on any atom is 0.354 e. The predicted molar refractivity (Wildman–Crippen MR) is 95.9 cm³/mol. The van der Waals surface area contributed by atoms with E-state index in [1.807, 2.05) is 18.2 Å². The molecule has 3 heterocycles. The van der Waals surface area contributed by atoms with Crippen molar-refractivity contribution in [2.24, 2.45) is 0 Å². The first-order valence-corrected chi connectivity index (χ1v) is 8.55. The minimum atomic E-state index is -1.00. The number of nitrogens with zero attached hydrogens (tertiary/aromatic N) is 4. The SMILES string of the molecule is Cc1nc(-c2cnccn2)n(Cc2csc3ccccc23)c1C(=O)O. The van der Waals surface area contributed by atoms with Crippen molar-refractivity contribution in [2.45, 2.75) is 13.5 Å². The van der Waals surface area contributed by atoms with Crippen LogP contribution in [0.25, 0.3) is 21.6 Å². The van der Waals surface area contributed by atoms with Gasteiger partial charge in [0.1, 0.15) is 5.69 Å². The van der Waals surface area contributed by atoms with E-state index >= 15 is 0 Å². The number of aryl methyl sites for hydroxylation is 1. The Labute approximate surface area is 147 Å². The van der Waals surface area contributed by atoms with Crippen LogP contribution in [0.1, 0.15) is 21.7 Å². The Morgan fingerprint density at radius 2 is 2.12 bits per heavy atom. The standard InChI is InChI=1S/C18H14N4O2S/c1-11-16(18(23)24)22(17(21-11)14-8-19-6-7-20-14)9-12-10-25-15-5-3-2-4-13(12)15/h2-8,10H,9H2,1H3,(H,23,24). The van der Waals surface area contributed by atoms with Crippen molar-refractivity contribution in [1.29, 1.82) is 0 Å². The summed E-state index contributed by atoms with van der Waals surface area (Å²) in [5, 5.41) is 12.8. The van der Waals surface area contributed by atoms with E-state index in [0.717, 1.165) is 10.9 Å². The number of benzene rings is 1. The molecule has 0 aliphatic rings. The van der Waals surface area contributed by atoms with Crippen LogP contribution in [-0.4, -0.2) is 30.6 Å². The second-order valence-electron chi connectivity index (χ2n) is 5.61. The number of imidazole rings is 1. The van der Waals surface area contributed by atoms with Crippen molar-refractivity contribution < 1.29 is 9.90 Å². The molecule has 4 aromatic rings. The third-order valence-electron chi connectivity index (χ3n) is 4.03. The van der Waals surface area contributed by atoms with Gasteiger partial charge in [-0.2, -0.15) is 0 Å². The molecule has 1 N–H and O–H groups in total. The van der Waals surface area contributed by atoms with Gasteiger partial charge >= 0.3 is 5.97 Å². The van der Waals surface area contributed by atoms with Gasteiger partial charge in [-0.25, -0.2) is 14.8 Å². The van der Waals surface area contributed by atoms with Crippen molar-refractivity contribution in [1.82, 2.24) is 19.5 Å². The molecular formula is C18H14N4O2S. The van der Waals surface area contributed by atoms with Crippen molar-refractivity contribution in [2.75, 3.05) is 0 Å². The molecule has 3 aromatic heterocycles. The Balaban J connectivity index is 1.89. The van der Waals surface area contributed by atoms with E-state index in [2.05, 4.69) is 26.4 Å². The number of fused-ring (bicyclic) bond motifs is 1. The molecule has 6 nitrogen and oxygen atoms in total. The molecule has 0 radical (unpaired) electrons. The van der Waals surface area contributed by atoms with Gasteiger partial charge in [0.25, 0.3) is 0 Å². The summed E-state index contributed by atoms with van der Waals surface area (Å²) in [6.45, 7) is 2.12. The molecule has 0 amide bonds. The van der Waals surface area contributed by atoms with E-state index in [0.29, 0.717) is 23.8 Å². The summed E-state index contributed by atoms with van der Waals surface area (Å²) in [4.78, 5) is 24.6. The molecule has 1 aromatic carbocycles. The van der Waals surface area contributed by atoms with Gasteiger partial charge in [0.15, 0.2) is 11.5 Å². The minimum Gasteiger partial charge on any atom is -0.477 e. The summed E-state index contributed by atoms with van der Waals surface area (Å²) in [6, 6.07) is 8.09. The van der Waals surface area contributed by atoms with E-state index in [-0.39, 0.29) is 5.69 Å². The molecule has 0 saturated carbocycles. The van der Waals surface area contributed by atoms with Crippen molar-refractivity contribution in [3.63, 3.8) is 0 Å². The number of carboxylic acid groups (broad SMARTS) is 1. The fraction of sp³-hybridized carbons (Fsp3) is 0.111. The molecular weight excluding hydrogens is 336 g/mol. The van der Waals surface area contributed by atoms with E-state index in [4.69, 9.17) is 0 Å². The second kappa shape index (κ2) is 6.10. The fourth-order valence-corrected chi connectivity index (χ4v) is 3.89. The first kappa shape index (κ1) is 15.5. The highest BCUT2D eigenvalue weighted by molar-refractivity contribution is 7.17. The highest BCUT2D eigenvalue weighted by Gasteiger charge is 2.22. The maximum absolute atomic E-state index is 11.8.